The van der Waals surface area contributed by atoms with E-state index in [1.54, 1.807) is 30.3 Å². The monoisotopic (exact) mass is 264 g/mol. The lowest BCUT2D eigenvalue weighted by Crippen LogP contribution is -1.87. The summed E-state index contributed by atoms with van der Waals surface area (Å²) in [6.07, 6.45) is 1.46. The molecule has 0 bridgehead atoms. The van der Waals surface area contributed by atoms with Gasteiger partial charge in [0.2, 0.25) is 0 Å². The van der Waals surface area contributed by atoms with Gasteiger partial charge in [0, 0.05) is 5.02 Å². The molecule has 0 N–H and O–H groups in total. The quantitative estimate of drug-likeness (QED) is 0.822. The second-order valence-corrected chi connectivity index (χ2v) is 4.01. The minimum absolute atomic E-state index is 0.333. The van der Waals surface area contributed by atoms with E-state index >= 15 is 0 Å². The summed E-state index contributed by atoms with van der Waals surface area (Å²) >= 11 is 11.7. The van der Waals surface area contributed by atoms with E-state index in [2.05, 4.69) is 4.98 Å². The van der Waals surface area contributed by atoms with Crippen molar-refractivity contribution in [2.75, 3.05) is 0 Å². The number of hydrogen-bond donors (Lipinski definition) is 0. The molecule has 0 amide bonds. The van der Waals surface area contributed by atoms with Gasteiger partial charge in [-0.2, -0.15) is 5.26 Å². The van der Waals surface area contributed by atoms with Crippen LogP contribution >= 0.6 is 23.2 Å². The molecule has 1 aromatic heterocycles. The minimum Gasteiger partial charge on any atom is -0.454 e. The first-order valence-electron chi connectivity index (χ1n) is 4.68. The molecule has 0 spiro atoms. The minimum atomic E-state index is 0.333. The molecule has 0 aliphatic carbocycles. The molecule has 2 aromatic rings. The van der Waals surface area contributed by atoms with Gasteiger partial charge in [-0.1, -0.05) is 23.2 Å². The highest BCUT2D eigenvalue weighted by atomic mass is 35.5. The van der Waals surface area contributed by atoms with Gasteiger partial charge in [-0.3, -0.25) is 0 Å². The van der Waals surface area contributed by atoms with Gasteiger partial charge in [-0.15, -0.1) is 0 Å². The Morgan fingerprint density at radius 2 is 2.00 bits per heavy atom. The second kappa shape index (κ2) is 5.05. The van der Waals surface area contributed by atoms with Crippen LogP contribution in [0.1, 0.15) is 5.69 Å². The average Bonchev–Trinajstić information content (AvgIpc) is 2.34. The highest BCUT2D eigenvalue weighted by molar-refractivity contribution is 6.35. The van der Waals surface area contributed by atoms with Crippen LogP contribution in [-0.4, -0.2) is 4.98 Å². The normalized spacial score (nSPS) is 9.71. The molecule has 0 radical (unpaired) electrons. The number of pyridine rings is 1. The first kappa shape index (κ1) is 11.7. The number of benzene rings is 1. The van der Waals surface area contributed by atoms with Gasteiger partial charge in [-0.05, 0) is 30.3 Å². The highest BCUT2D eigenvalue weighted by Crippen LogP contribution is 2.31. The smallest absolute Gasteiger partial charge is 0.146 e. The number of hydrogen-bond acceptors (Lipinski definition) is 3. The Morgan fingerprint density at radius 1 is 1.18 bits per heavy atom. The molecule has 84 valence electrons. The third-order valence-electron chi connectivity index (χ3n) is 1.97. The summed E-state index contributed by atoms with van der Waals surface area (Å²) < 4.78 is 5.50. The molecule has 1 aromatic carbocycles. The van der Waals surface area contributed by atoms with Crippen LogP contribution in [0.25, 0.3) is 0 Å². The first-order chi connectivity index (χ1) is 8.19. The third kappa shape index (κ3) is 2.88. The highest BCUT2D eigenvalue weighted by Gasteiger charge is 2.04. The van der Waals surface area contributed by atoms with Crippen molar-refractivity contribution in [2.45, 2.75) is 0 Å². The zero-order chi connectivity index (χ0) is 12.3. The zero-order valence-electron chi connectivity index (χ0n) is 8.52. The molecule has 0 saturated carbocycles. The van der Waals surface area contributed by atoms with E-state index in [4.69, 9.17) is 33.2 Å². The van der Waals surface area contributed by atoms with Gasteiger partial charge in [-0.25, -0.2) is 4.98 Å². The van der Waals surface area contributed by atoms with Crippen LogP contribution in [0.3, 0.4) is 0 Å². The maximum Gasteiger partial charge on any atom is 0.146 e. The molecule has 17 heavy (non-hydrogen) atoms. The van der Waals surface area contributed by atoms with E-state index in [9.17, 15) is 0 Å². The Kier molecular flexibility index (Phi) is 3.48. The number of nitriles is 1. The van der Waals surface area contributed by atoms with Gasteiger partial charge in [0.25, 0.3) is 0 Å². The van der Waals surface area contributed by atoms with Crippen LogP contribution in [-0.2, 0) is 0 Å². The summed E-state index contributed by atoms with van der Waals surface area (Å²) in [6, 6.07) is 10.1. The molecule has 2 rings (SSSR count). The van der Waals surface area contributed by atoms with Crippen LogP contribution in [0.4, 0.5) is 0 Å². The van der Waals surface area contributed by atoms with Crippen LogP contribution in [0.2, 0.25) is 10.0 Å². The SMILES string of the molecule is N#Cc1ccc(Oc2ccc(Cl)cc2Cl)cn1. The van der Waals surface area contributed by atoms with Crippen molar-refractivity contribution < 1.29 is 4.74 Å². The molecule has 1 heterocycles. The topological polar surface area (TPSA) is 45.9 Å². The maximum absolute atomic E-state index is 8.60. The molecule has 5 heteroatoms. The van der Waals surface area contributed by atoms with Crippen molar-refractivity contribution in [3.63, 3.8) is 0 Å². The Hall–Kier alpha value is -1.76. The molecule has 0 fully saturated rings. The Morgan fingerprint density at radius 3 is 2.59 bits per heavy atom. The zero-order valence-corrected chi connectivity index (χ0v) is 10.0. The van der Waals surface area contributed by atoms with E-state index in [1.165, 1.54) is 6.20 Å². The van der Waals surface area contributed by atoms with Crippen LogP contribution in [0.15, 0.2) is 36.5 Å². The number of nitrogens with zero attached hydrogens (tertiary/aromatic N) is 2. The fourth-order valence-corrected chi connectivity index (χ4v) is 1.64. The standard InChI is InChI=1S/C12H6Cl2N2O/c13-8-1-4-12(11(14)5-8)17-10-3-2-9(6-15)16-7-10/h1-5,7H. The van der Waals surface area contributed by atoms with E-state index in [-0.39, 0.29) is 0 Å². The lowest BCUT2D eigenvalue weighted by Gasteiger charge is -2.07. The molecular formula is C12H6Cl2N2O. The summed E-state index contributed by atoms with van der Waals surface area (Å²) in [5, 5.41) is 9.56. The Bertz CT molecular complexity index is 576. The largest absolute Gasteiger partial charge is 0.454 e. The van der Waals surface area contributed by atoms with Gasteiger partial charge in [0.15, 0.2) is 0 Å². The molecule has 0 aliphatic rings. The number of halogens is 2. The molecule has 0 atom stereocenters. The second-order valence-electron chi connectivity index (χ2n) is 3.17. The predicted octanol–water partition coefficient (Wildman–Crippen LogP) is 4.05. The molecular weight excluding hydrogens is 259 g/mol. The fourth-order valence-electron chi connectivity index (χ4n) is 1.19. The molecule has 0 unspecified atom stereocenters. The predicted molar refractivity (Wildman–Crippen MR) is 65.5 cm³/mol. The summed E-state index contributed by atoms with van der Waals surface area (Å²) in [5.41, 5.74) is 0.333. The van der Waals surface area contributed by atoms with Crippen LogP contribution < -0.4 is 4.74 Å². The summed E-state index contributed by atoms with van der Waals surface area (Å²) in [4.78, 5) is 3.89. The fraction of sp³-hybridized carbons (Fsp3) is 0. The first-order valence-corrected chi connectivity index (χ1v) is 5.43. The summed E-state index contributed by atoms with van der Waals surface area (Å²) in [6.45, 7) is 0. The average molecular weight is 265 g/mol. The number of aromatic nitrogens is 1. The Labute approximate surface area is 108 Å². The summed E-state index contributed by atoms with van der Waals surface area (Å²) in [5.74, 6) is 0.996. The van der Waals surface area contributed by atoms with Crippen molar-refractivity contribution in [1.29, 1.82) is 5.26 Å². The van der Waals surface area contributed by atoms with Crippen molar-refractivity contribution in [2.24, 2.45) is 0 Å². The van der Waals surface area contributed by atoms with Crippen molar-refractivity contribution in [1.82, 2.24) is 4.98 Å². The van der Waals surface area contributed by atoms with Crippen molar-refractivity contribution in [3.05, 3.63) is 52.3 Å². The number of ether oxygens (including phenoxy) is 1. The lowest BCUT2D eigenvalue weighted by atomic mass is 10.3. The lowest BCUT2D eigenvalue weighted by molar-refractivity contribution is 0.480. The van der Waals surface area contributed by atoms with E-state index in [0.29, 0.717) is 27.2 Å². The third-order valence-corrected chi connectivity index (χ3v) is 2.50. The van der Waals surface area contributed by atoms with Crippen LogP contribution in [0, 0.1) is 11.3 Å². The van der Waals surface area contributed by atoms with Gasteiger partial charge >= 0.3 is 0 Å². The van der Waals surface area contributed by atoms with E-state index in [0.717, 1.165) is 0 Å². The van der Waals surface area contributed by atoms with Crippen LogP contribution in [0.5, 0.6) is 11.5 Å². The van der Waals surface area contributed by atoms with Gasteiger partial charge < -0.3 is 4.74 Å². The van der Waals surface area contributed by atoms with Gasteiger partial charge in [0.05, 0.1) is 11.2 Å². The van der Waals surface area contributed by atoms with E-state index in [1.807, 2.05) is 6.07 Å². The molecule has 0 saturated heterocycles. The van der Waals surface area contributed by atoms with Gasteiger partial charge in [0.1, 0.15) is 23.3 Å². The van der Waals surface area contributed by atoms with E-state index < -0.39 is 0 Å². The Balaban J connectivity index is 2.23. The summed E-state index contributed by atoms with van der Waals surface area (Å²) in [7, 11) is 0. The number of rotatable bonds is 2. The molecule has 0 aliphatic heterocycles. The molecule has 3 nitrogen and oxygen atoms in total. The van der Waals surface area contributed by atoms with Crippen molar-refractivity contribution >= 4 is 23.2 Å². The van der Waals surface area contributed by atoms with Crippen molar-refractivity contribution in [3.8, 4) is 17.6 Å². The maximum atomic E-state index is 8.60.